The molecule has 29 heavy (non-hydrogen) atoms. The van der Waals surface area contributed by atoms with E-state index in [9.17, 15) is 8.78 Å². The van der Waals surface area contributed by atoms with Gasteiger partial charge in [0, 0.05) is 31.6 Å². The van der Waals surface area contributed by atoms with Gasteiger partial charge < -0.3 is 10.2 Å². The van der Waals surface area contributed by atoms with Crippen molar-refractivity contribution in [2.24, 2.45) is 0 Å². The number of hydrogen-bond acceptors (Lipinski definition) is 5. The summed E-state index contributed by atoms with van der Waals surface area (Å²) in [5.74, 6) is -2.98. The van der Waals surface area contributed by atoms with Gasteiger partial charge in [-0.2, -0.15) is 15.7 Å². The van der Waals surface area contributed by atoms with Crippen LogP contribution in [-0.4, -0.2) is 16.0 Å². The molecule has 0 bridgehead atoms. The molecule has 0 unspecified atom stereocenters. The Labute approximate surface area is 171 Å². The maximum absolute atomic E-state index is 15.1. The van der Waals surface area contributed by atoms with Crippen molar-refractivity contribution in [2.45, 2.75) is 44.8 Å². The highest BCUT2D eigenvalue weighted by Gasteiger charge is 2.33. The first kappa shape index (κ1) is 19.7. The first-order chi connectivity index (χ1) is 13.9. The van der Waals surface area contributed by atoms with Crippen molar-refractivity contribution in [3.63, 3.8) is 0 Å². The molecule has 1 fully saturated rings. The molecule has 1 aliphatic carbocycles. The molecule has 4 rings (SSSR count). The van der Waals surface area contributed by atoms with Gasteiger partial charge in [-0.15, -0.1) is 0 Å². The fourth-order valence-corrected chi connectivity index (χ4v) is 3.79. The van der Waals surface area contributed by atoms with Crippen molar-refractivity contribution in [1.29, 1.82) is 0 Å². The van der Waals surface area contributed by atoms with Gasteiger partial charge in [0.1, 0.15) is 6.33 Å². The summed E-state index contributed by atoms with van der Waals surface area (Å²) >= 11 is 1.58. The molecular weight excluding hydrogens is 397 g/mol. The molecule has 3 aromatic rings. The lowest BCUT2D eigenvalue weighted by Crippen LogP contribution is -2.27. The Morgan fingerprint density at radius 1 is 1.14 bits per heavy atom. The maximum atomic E-state index is 15.1. The van der Waals surface area contributed by atoms with Crippen LogP contribution in [-0.2, 0) is 19.0 Å². The zero-order valence-electron chi connectivity index (χ0n) is 15.9. The monoisotopic (exact) mass is 418 g/mol. The van der Waals surface area contributed by atoms with E-state index in [0.717, 1.165) is 30.9 Å². The molecule has 0 radical (unpaired) electrons. The van der Waals surface area contributed by atoms with Crippen LogP contribution >= 0.6 is 11.3 Å². The summed E-state index contributed by atoms with van der Waals surface area (Å²) < 4.78 is 42.0. The summed E-state index contributed by atoms with van der Waals surface area (Å²) in [7, 11) is 0. The van der Waals surface area contributed by atoms with Gasteiger partial charge in [-0.3, -0.25) is 0 Å². The van der Waals surface area contributed by atoms with E-state index in [4.69, 9.17) is 0 Å². The van der Waals surface area contributed by atoms with E-state index in [0.29, 0.717) is 13.1 Å². The molecule has 0 spiro atoms. The average Bonchev–Trinajstić information content (AvgIpc) is 3.40. The largest absolute Gasteiger partial charge is 0.363 e. The minimum atomic E-state index is -2.88. The van der Waals surface area contributed by atoms with Crippen molar-refractivity contribution < 1.29 is 13.2 Å². The van der Waals surface area contributed by atoms with Gasteiger partial charge in [0.2, 0.25) is 5.82 Å². The Bertz CT molecular complexity index is 951. The van der Waals surface area contributed by atoms with Crippen LogP contribution in [0.15, 0.2) is 47.4 Å². The fourth-order valence-electron chi connectivity index (χ4n) is 3.13. The lowest BCUT2D eigenvalue weighted by Gasteiger charge is -2.25. The molecule has 2 aromatic heterocycles. The summed E-state index contributed by atoms with van der Waals surface area (Å²) in [6, 6.07) is 8.33. The highest BCUT2D eigenvalue weighted by atomic mass is 32.1. The molecule has 2 heterocycles. The second-order valence-corrected chi connectivity index (χ2v) is 8.07. The van der Waals surface area contributed by atoms with E-state index in [2.05, 4.69) is 15.3 Å². The molecule has 152 valence electrons. The molecule has 0 atom stereocenters. The molecule has 1 aromatic carbocycles. The summed E-state index contributed by atoms with van der Waals surface area (Å²) in [6.45, 7) is 1.75. The number of alkyl halides is 2. The number of thiophene rings is 1. The van der Waals surface area contributed by atoms with Gasteiger partial charge in [-0.1, -0.05) is 24.3 Å². The minimum Gasteiger partial charge on any atom is -0.363 e. The summed E-state index contributed by atoms with van der Waals surface area (Å²) in [5, 5.41) is 6.99. The lowest BCUT2D eigenvalue weighted by atomic mass is 10.1. The molecule has 8 heteroatoms. The fraction of sp³-hybridized carbons (Fsp3) is 0.333. The first-order valence-corrected chi connectivity index (χ1v) is 10.4. The van der Waals surface area contributed by atoms with E-state index < -0.39 is 11.7 Å². The number of rotatable bonds is 8. The summed E-state index contributed by atoms with van der Waals surface area (Å²) in [6.07, 6.45) is 3.25. The maximum Gasteiger partial charge on any atom is 0.270 e. The van der Waals surface area contributed by atoms with Crippen molar-refractivity contribution in [1.82, 2.24) is 9.97 Å². The average molecular weight is 418 g/mol. The van der Waals surface area contributed by atoms with E-state index in [1.807, 2.05) is 21.7 Å². The molecule has 1 saturated carbocycles. The van der Waals surface area contributed by atoms with Gasteiger partial charge in [-0.05, 0) is 40.8 Å². The van der Waals surface area contributed by atoms with Crippen LogP contribution < -0.4 is 10.2 Å². The molecule has 0 saturated heterocycles. The quantitative estimate of drug-likeness (QED) is 0.519. The first-order valence-electron chi connectivity index (χ1n) is 9.41. The number of aromatic nitrogens is 2. The number of benzene rings is 1. The Kier molecular flexibility index (Phi) is 5.45. The molecule has 1 aliphatic rings. The van der Waals surface area contributed by atoms with Gasteiger partial charge in [0.15, 0.2) is 11.6 Å². The normalized spacial score (nSPS) is 14.1. The third-order valence-electron chi connectivity index (χ3n) is 4.88. The lowest BCUT2D eigenvalue weighted by molar-refractivity contribution is 0.0174. The number of hydrogen-bond donors (Lipinski definition) is 1. The number of nitrogens with zero attached hydrogens (tertiary/aromatic N) is 3. The number of halogens is 3. The third-order valence-corrected chi connectivity index (χ3v) is 5.62. The van der Waals surface area contributed by atoms with Crippen molar-refractivity contribution in [3.8, 4) is 0 Å². The van der Waals surface area contributed by atoms with Gasteiger partial charge in [0.05, 0.1) is 0 Å². The van der Waals surface area contributed by atoms with Crippen LogP contribution in [0.25, 0.3) is 0 Å². The Morgan fingerprint density at radius 2 is 1.90 bits per heavy atom. The van der Waals surface area contributed by atoms with Crippen LogP contribution in [0.3, 0.4) is 0 Å². The van der Waals surface area contributed by atoms with Crippen LogP contribution in [0.1, 0.15) is 36.5 Å². The summed E-state index contributed by atoms with van der Waals surface area (Å²) in [4.78, 5) is 10.1. The second kappa shape index (κ2) is 8.02. The highest BCUT2D eigenvalue weighted by Crippen LogP contribution is 2.35. The van der Waals surface area contributed by atoms with Crippen LogP contribution in [0.5, 0.6) is 0 Å². The topological polar surface area (TPSA) is 41.1 Å². The number of nitrogens with one attached hydrogen (secondary N) is 1. The third kappa shape index (κ3) is 4.70. The van der Waals surface area contributed by atoms with E-state index >= 15 is 4.39 Å². The zero-order valence-corrected chi connectivity index (χ0v) is 16.7. The van der Waals surface area contributed by atoms with Gasteiger partial charge >= 0.3 is 0 Å². The molecule has 4 nitrogen and oxygen atoms in total. The van der Waals surface area contributed by atoms with Gasteiger partial charge in [-0.25, -0.2) is 18.7 Å². The minimum absolute atomic E-state index is 0.0349. The second-order valence-electron chi connectivity index (χ2n) is 7.29. The Hall–Kier alpha value is -2.61. The highest BCUT2D eigenvalue weighted by molar-refractivity contribution is 7.07. The van der Waals surface area contributed by atoms with E-state index in [-0.39, 0.29) is 23.2 Å². The van der Waals surface area contributed by atoms with Gasteiger partial charge in [0.25, 0.3) is 5.92 Å². The van der Waals surface area contributed by atoms with Crippen LogP contribution in [0.2, 0.25) is 0 Å². The van der Waals surface area contributed by atoms with E-state index in [1.54, 1.807) is 23.5 Å². The zero-order chi connectivity index (χ0) is 20.4. The Balaban J connectivity index is 1.53. The summed E-state index contributed by atoms with van der Waals surface area (Å²) in [5.41, 5.74) is 1.85. The SMILES string of the molecule is CC(F)(F)c1ccc(CN(c2ncnc(NCc3ccsc3)c2F)C2CC2)cc1. The number of anilines is 2. The van der Waals surface area contributed by atoms with Crippen molar-refractivity contribution in [2.75, 3.05) is 10.2 Å². The standard InChI is InChI=1S/C21H21F3N4S/c1-21(23,24)16-4-2-14(3-5-16)11-28(17-6-7-17)20-18(22)19(26-13-27-20)25-10-15-8-9-29-12-15/h2-5,8-9,12-13,17H,6-7,10-11H2,1H3,(H,25,26,27). The molecular formula is C21H21F3N4S. The van der Waals surface area contributed by atoms with Crippen LogP contribution in [0, 0.1) is 5.82 Å². The molecule has 0 aliphatic heterocycles. The molecule has 0 amide bonds. The van der Waals surface area contributed by atoms with Crippen molar-refractivity contribution in [3.05, 3.63) is 69.9 Å². The van der Waals surface area contributed by atoms with Crippen LogP contribution in [0.4, 0.5) is 24.8 Å². The molecule has 1 N–H and O–H groups in total. The smallest absolute Gasteiger partial charge is 0.270 e. The predicted molar refractivity (Wildman–Crippen MR) is 109 cm³/mol. The van der Waals surface area contributed by atoms with E-state index in [1.165, 1.54) is 18.5 Å². The predicted octanol–water partition coefficient (Wildman–Crippen LogP) is 5.57. The van der Waals surface area contributed by atoms with Crippen molar-refractivity contribution >= 4 is 23.0 Å². The Morgan fingerprint density at radius 3 is 2.52 bits per heavy atom.